The lowest BCUT2D eigenvalue weighted by molar-refractivity contribution is 0.0747. The lowest BCUT2D eigenvalue weighted by atomic mass is 10.0. The first-order valence-electron chi connectivity index (χ1n) is 8.96. The van der Waals surface area contributed by atoms with Gasteiger partial charge in [-0.05, 0) is 42.3 Å². The van der Waals surface area contributed by atoms with Crippen molar-refractivity contribution in [1.29, 1.82) is 0 Å². The highest BCUT2D eigenvalue weighted by molar-refractivity contribution is 5.98. The number of carbonyl (C=O) groups is 1. The molecule has 0 aliphatic carbocycles. The van der Waals surface area contributed by atoms with Crippen molar-refractivity contribution in [2.24, 2.45) is 0 Å². The molecule has 0 unspecified atom stereocenters. The van der Waals surface area contributed by atoms with Crippen LogP contribution in [0.5, 0.6) is 0 Å². The Labute approximate surface area is 158 Å². The van der Waals surface area contributed by atoms with Crippen LogP contribution in [-0.4, -0.2) is 27.8 Å². The molecule has 2 aromatic carbocycles. The Balaban J connectivity index is 1.74. The van der Waals surface area contributed by atoms with Gasteiger partial charge < -0.3 is 9.88 Å². The van der Waals surface area contributed by atoms with Gasteiger partial charge in [0, 0.05) is 24.1 Å². The average Bonchev–Trinajstić information content (AvgIpc) is 3.12. The SMILES string of the molecule is Cc1ccc2cc(C(=O)N(C)[C@@H](c3ccccc3)c3ccccn3)[nH]c2c1. The number of amides is 1. The largest absolute Gasteiger partial charge is 0.351 e. The number of rotatable bonds is 4. The lowest BCUT2D eigenvalue weighted by Crippen LogP contribution is -2.32. The third-order valence-electron chi connectivity index (χ3n) is 4.80. The number of fused-ring (bicyclic) bond motifs is 1. The molecule has 134 valence electrons. The molecule has 0 fully saturated rings. The number of carbonyl (C=O) groups excluding carboxylic acids is 1. The second kappa shape index (κ2) is 7.08. The molecule has 0 aliphatic rings. The average molecular weight is 355 g/mol. The number of aromatic amines is 1. The van der Waals surface area contributed by atoms with E-state index in [9.17, 15) is 4.79 Å². The molecule has 0 spiro atoms. The lowest BCUT2D eigenvalue weighted by Gasteiger charge is -2.28. The summed E-state index contributed by atoms with van der Waals surface area (Å²) in [5, 5.41) is 1.03. The molecule has 2 heterocycles. The monoisotopic (exact) mass is 355 g/mol. The molecule has 1 amide bonds. The predicted octanol–water partition coefficient (Wildman–Crippen LogP) is 4.73. The number of aryl methyl sites for hydroxylation is 1. The van der Waals surface area contributed by atoms with E-state index in [0.717, 1.165) is 27.7 Å². The Morgan fingerprint density at radius 3 is 2.52 bits per heavy atom. The maximum atomic E-state index is 13.3. The number of benzene rings is 2. The summed E-state index contributed by atoms with van der Waals surface area (Å²) in [6.45, 7) is 2.04. The molecule has 0 aliphatic heterocycles. The Hall–Kier alpha value is -3.40. The van der Waals surface area contributed by atoms with Gasteiger partial charge in [-0.25, -0.2) is 0 Å². The molecule has 0 saturated heterocycles. The number of hydrogen-bond acceptors (Lipinski definition) is 2. The fourth-order valence-electron chi connectivity index (χ4n) is 3.43. The highest BCUT2D eigenvalue weighted by Gasteiger charge is 2.26. The molecule has 1 atom stereocenters. The van der Waals surface area contributed by atoms with Gasteiger partial charge >= 0.3 is 0 Å². The zero-order valence-corrected chi connectivity index (χ0v) is 15.4. The second-order valence-electron chi connectivity index (χ2n) is 6.76. The van der Waals surface area contributed by atoms with Crippen molar-refractivity contribution in [1.82, 2.24) is 14.9 Å². The summed E-state index contributed by atoms with van der Waals surface area (Å²) in [4.78, 5) is 22.8. The van der Waals surface area contributed by atoms with E-state index in [2.05, 4.69) is 22.1 Å². The summed E-state index contributed by atoms with van der Waals surface area (Å²) in [6.07, 6.45) is 1.76. The van der Waals surface area contributed by atoms with Crippen LogP contribution in [0.15, 0.2) is 79.0 Å². The van der Waals surface area contributed by atoms with Crippen LogP contribution in [0.1, 0.15) is 33.4 Å². The number of aromatic nitrogens is 2. The normalized spacial score (nSPS) is 12.1. The molecular formula is C23H21N3O. The van der Waals surface area contributed by atoms with Crippen molar-refractivity contribution >= 4 is 16.8 Å². The smallest absolute Gasteiger partial charge is 0.270 e. The minimum absolute atomic E-state index is 0.0663. The van der Waals surface area contributed by atoms with Crippen LogP contribution in [0.25, 0.3) is 10.9 Å². The summed E-state index contributed by atoms with van der Waals surface area (Å²) < 4.78 is 0. The Morgan fingerprint density at radius 1 is 1.00 bits per heavy atom. The number of hydrogen-bond donors (Lipinski definition) is 1. The molecular weight excluding hydrogens is 334 g/mol. The Morgan fingerprint density at radius 2 is 1.78 bits per heavy atom. The maximum Gasteiger partial charge on any atom is 0.270 e. The number of H-pyrrole nitrogens is 1. The molecule has 4 heteroatoms. The molecule has 27 heavy (non-hydrogen) atoms. The van der Waals surface area contributed by atoms with Crippen LogP contribution < -0.4 is 0 Å². The summed E-state index contributed by atoms with van der Waals surface area (Å²) in [6, 6.07) is 23.6. The summed E-state index contributed by atoms with van der Waals surface area (Å²) in [5.41, 5.74) is 4.58. The number of pyridine rings is 1. The molecule has 0 radical (unpaired) electrons. The quantitative estimate of drug-likeness (QED) is 0.575. The minimum Gasteiger partial charge on any atom is -0.351 e. The van der Waals surface area contributed by atoms with E-state index in [-0.39, 0.29) is 11.9 Å². The first-order valence-corrected chi connectivity index (χ1v) is 8.96. The summed E-state index contributed by atoms with van der Waals surface area (Å²) in [5.74, 6) is -0.0663. The molecule has 0 bridgehead atoms. The van der Waals surface area contributed by atoms with Crippen LogP contribution in [0.3, 0.4) is 0 Å². The molecule has 2 aromatic heterocycles. The second-order valence-corrected chi connectivity index (χ2v) is 6.76. The molecule has 4 aromatic rings. The standard InChI is InChI=1S/C23H21N3O/c1-16-11-12-18-15-21(25-20(18)14-16)23(27)26(2)22(17-8-4-3-5-9-17)19-10-6-7-13-24-19/h3-15,22,25H,1-2H3/t22-/m0/s1. The van der Waals surface area contributed by atoms with Gasteiger partial charge in [-0.15, -0.1) is 0 Å². The van der Waals surface area contributed by atoms with Gasteiger partial charge in [0.15, 0.2) is 0 Å². The van der Waals surface area contributed by atoms with Gasteiger partial charge in [0.2, 0.25) is 0 Å². The van der Waals surface area contributed by atoms with Crippen molar-refractivity contribution in [3.05, 3.63) is 102 Å². The van der Waals surface area contributed by atoms with E-state index in [1.165, 1.54) is 0 Å². The van der Waals surface area contributed by atoms with Crippen LogP contribution in [0, 0.1) is 6.92 Å². The highest BCUT2D eigenvalue weighted by atomic mass is 16.2. The van der Waals surface area contributed by atoms with E-state index in [1.54, 1.807) is 11.1 Å². The fourth-order valence-corrected chi connectivity index (χ4v) is 3.43. The van der Waals surface area contributed by atoms with Gasteiger partial charge in [0.1, 0.15) is 5.69 Å². The zero-order valence-electron chi connectivity index (χ0n) is 15.4. The number of nitrogens with one attached hydrogen (secondary N) is 1. The Bertz CT molecular complexity index is 1030. The zero-order chi connectivity index (χ0) is 18.8. The molecule has 4 nitrogen and oxygen atoms in total. The molecule has 0 saturated carbocycles. The van der Waals surface area contributed by atoms with E-state index in [1.807, 2.05) is 74.6 Å². The van der Waals surface area contributed by atoms with E-state index in [0.29, 0.717) is 5.69 Å². The van der Waals surface area contributed by atoms with Crippen molar-refractivity contribution in [3.8, 4) is 0 Å². The van der Waals surface area contributed by atoms with Gasteiger partial charge in [0.25, 0.3) is 5.91 Å². The van der Waals surface area contributed by atoms with E-state index >= 15 is 0 Å². The topological polar surface area (TPSA) is 49.0 Å². The van der Waals surface area contributed by atoms with Crippen molar-refractivity contribution < 1.29 is 4.79 Å². The van der Waals surface area contributed by atoms with Gasteiger partial charge in [-0.2, -0.15) is 0 Å². The molecule has 1 N–H and O–H groups in total. The first-order chi connectivity index (χ1) is 13.1. The van der Waals surface area contributed by atoms with Crippen LogP contribution in [0.2, 0.25) is 0 Å². The van der Waals surface area contributed by atoms with Crippen molar-refractivity contribution in [2.45, 2.75) is 13.0 Å². The van der Waals surface area contributed by atoms with Crippen molar-refractivity contribution in [3.63, 3.8) is 0 Å². The van der Waals surface area contributed by atoms with E-state index < -0.39 is 0 Å². The third kappa shape index (κ3) is 3.34. The highest BCUT2D eigenvalue weighted by Crippen LogP contribution is 2.28. The third-order valence-corrected chi connectivity index (χ3v) is 4.80. The van der Waals surface area contributed by atoms with Crippen LogP contribution >= 0.6 is 0 Å². The summed E-state index contributed by atoms with van der Waals surface area (Å²) in [7, 11) is 1.82. The van der Waals surface area contributed by atoms with Crippen LogP contribution in [-0.2, 0) is 0 Å². The maximum absolute atomic E-state index is 13.3. The minimum atomic E-state index is -0.256. The van der Waals surface area contributed by atoms with Gasteiger partial charge in [-0.3, -0.25) is 9.78 Å². The van der Waals surface area contributed by atoms with Crippen LogP contribution in [0.4, 0.5) is 0 Å². The predicted molar refractivity (Wildman–Crippen MR) is 108 cm³/mol. The van der Waals surface area contributed by atoms with Gasteiger partial charge in [0.05, 0.1) is 11.7 Å². The van der Waals surface area contributed by atoms with Crippen molar-refractivity contribution in [2.75, 3.05) is 7.05 Å². The summed E-state index contributed by atoms with van der Waals surface area (Å²) >= 11 is 0. The first kappa shape index (κ1) is 17.0. The van der Waals surface area contributed by atoms with E-state index in [4.69, 9.17) is 0 Å². The number of nitrogens with zero attached hydrogens (tertiary/aromatic N) is 2. The Kier molecular flexibility index (Phi) is 4.47. The van der Waals surface area contributed by atoms with Gasteiger partial charge in [-0.1, -0.05) is 48.5 Å². The fraction of sp³-hybridized carbons (Fsp3) is 0.130. The molecule has 4 rings (SSSR count).